The maximum absolute atomic E-state index is 5.73. The molecule has 1 aromatic heterocycles. The minimum Gasteiger partial charge on any atom is -0.252 e. The van der Waals surface area contributed by atoms with E-state index in [0.717, 1.165) is 18.7 Å². The van der Waals surface area contributed by atoms with Crippen molar-refractivity contribution in [2.24, 2.45) is 0 Å². The van der Waals surface area contributed by atoms with Gasteiger partial charge in [-0.3, -0.25) is 4.68 Å². The van der Waals surface area contributed by atoms with Gasteiger partial charge in [0.05, 0.1) is 5.69 Å². The summed E-state index contributed by atoms with van der Waals surface area (Å²) < 4.78 is 1.97. The molecular weight excluding hydrogens is 258 g/mol. The highest BCUT2D eigenvalue weighted by molar-refractivity contribution is 6.17. The second kappa shape index (κ2) is 5.74. The van der Waals surface area contributed by atoms with Crippen molar-refractivity contribution in [1.82, 2.24) is 15.0 Å². The van der Waals surface area contributed by atoms with Crippen LogP contribution in [-0.4, -0.2) is 20.9 Å². The van der Waals surface area contributed by atoms with Crippen LogP contribution in [0.4, 0.5) is 0 Å². The lowest BCUT2D eigenvalue weighted by atomic mass is 9.83. The number of hydrogen-bond donors (Lipinski definition) is 0. The van der Waals surface area contributed by atoms with E-state index in [0.29, 0.717) is 11.8 Å². The Bertz CT molecular complexity index is 550. The molecule has 100 valence electrons. The van der Waals surface area contributed by atoms with Gasteiger partial charge in [-0.15, -0.1) is 16.7 Å². The quantitative estimate of drug-likeness (QED) is 0.803. The third kappa shape index (κ3) is 2.81. The van der Waals surface area contributed by atoms with Crippen molar-refractivity contribution in [3.8, 4) is 0 Å². The zero-order valence-corrected chi connectivity index (χ0v) is 11.7. The smallest absolute Gasteiger partial charge is 0.0839 e. The Balaban J connectivity index is 1.76. The summed E-state index contributed by atoms with van der Waals surface area (Å²) in [6, 6.07) is 8.78. The summed E-state index contributed by atoms with van der Waals surface area (Å²) in [5.41, 5.74) is 3.97. The summed E-state index contributed by atoms with van der Waals surface area (Å²) in [6.45, 7) is 0.923. The zero-order valence-electron chi connectivity index (χ0n) is 10.9. The number of alkyl halides is 1. The lowest BCUT2D eigenvalue weighted by molar-refractivity contribution is 0.449. The van der Waals surface area contributed by atoms with Gasteiger partial charge in [0.25, 0.3) is 0 Å². The van der Waals surface area contributed by atoms with Crippen LogP contribution < -0.4 is 0 Å². The Morgan fingerprint density at radius 1 is 1.32 bits per heavy atom. The van der Waals surface area contributed by atoms with Gasteiger partial charge in [-0.25, -0.2) is 0 Å². The molecule has 0 saturated heterocycles. The Hall–Kier alpha value is -1.35. The molecular formula is C15H18ClN3. The number of halogens is 1. The van der Waals surface area contributed by atoms with Crippen molar-refractivity contribution in [3.63, 3.8) is 0 Å². The van der Waals surface area contributed by atoms with Crippen molar-refractivity contribution in [3.05, 3.63) is 47.3 Å². The molecule has 0 N–H and O–H groups in total. The maximum atomic E-state index is 5.73. The summed E-state index contributed by atoms with van der Waals surface area (Å²) in [7, 11) is 0. The Morgan fingerprint density at radius 2 is 2.21 bits per heavy atom. The van der Waals surface area contributed by atoms with Gasteiger partial charge in [0.2, 0.25) is 0 Å². The molecule has 1 atom stereocenters. The molecule has 1 aromatic carbocycles. The van der Waals surface area contributed by atoms with Crippen molar-refractivity contribution in [2.45, 2.75) is 38.1 Å². The first-order valence-corrected chi connectivity index (χ1v) is 7.43. The van der Waals surface area contributed by atoms with Crippen LogP contribution in [0.1, 0.15) is 35.6 Å². The number of aromatic nitrogens is 3. The van der Waals surface area contributed by atoms with Gasteiger partial charge >= 0.3 is 0 Å². The molecule has 0 radical (unpaired) electrons. The molecule has 3 nitrogen and oxygen atoms in total. The van der Waals surface area contributed by atoms with Crippen LogP contribution in [0.5, 0.6) is 0 Å². The summed E-state index contributed by atoms with van der Waals surface area (Å²) in [5.74, 6) is 1.17. The van der Waals surface area contributed by atoms with E-state index in [1.807, 2.05) is 10.9 Å². The minimum absolute atomic E-state index is 0.565. The van der Waals surface area contributed by atoms with Crippen molar-refractivity contribution in [2.75, 3.05) is 5.88 Å². The summed E-state index contributed by atoms with van der Waals surface area (Å²) in [6.07, 6.45) is 6.54. The average Bonchev–Trinajstić information content (AvgIpc) is 2.87. The summed E-state index contributed by atoms with van der Waals surface area (Å²) in [4.78, 5) is 0. The number of hydrogen-bond acceptors (Lipinski definition) is 2. The molecule has 1 aliphatic rings. The highest BCUT2D eigenvalue weighted by atomic mass is 35.5. The monoisotopic (exact) mass is 275 g/mol. The van der Waals surface area contributed by atoms with Gasteiger partial charge in [0.15, 0.2) is 0 Å². The van der Waals surface area contributed by atoms with Crippen LogP contribution in [0.15, 0.2) is 30.5 Å². The van der Waals surface area contributed by atoms with Gasteiger partial charge in [-0.1, -0.05) is 29.5 Å². The number of nitrogens with zero attached hydrogens (tertiary/aromatic N) is 3. The van der Waals surface area contributed by atoms with E-state index in [9.17, 15) is 0 Å². The van der Waals surface area contributed by atoms with Gasteiger partial charge in [0.1, 0.15) is 0 Å². The van der Waals surface area contributed by atoms with Crippen LogP contribution in [0.2, 0.25) is 0 Å². The van der Waals surface area contributed by atoms with E-state index in [1.54, 1.807) is 0 Å². The molecule has 0 bridgehead atoms. The Morgan fingerprint density at radius 3 is 3.11 bits per heavy atom. The highest BCUT2D eigenvalue weighted by Gasteiger charge is 2.20. The van der Waals surface area contributed by atoms with E-state index in [2.05, 4.69) is 34.6 Å². The van der Waals surface area contributed by atoms with E-state index in [-0.39, 0.29) is 0 Å². The fourth-order valence-corrected chi connectivity index (χ4v) is 3.10. The average molecular weight is 276 g/mol. The number of aryl methyl sites for hydroxylation is 2. The number of benzene rings is 1. The molecule has 0 saturated carbocycles. The van der Waals surface area contributed by atoms with Crippen LogP contribution in [0, 0.1) is 0 Å². The zero-order chi connectivity index (χ0) is 13.1. The minimum atomic E-state index is 0.565. The molecule has 0 fully saturated rings. The lowest BCUT2D eigenvalue weighted by Gasteiger charge is -2.25. The molecule has 0 amide bonds. The molecule has 3 rings (SSSR count). The van der Waals surface area contributed by atoms with Crippen molar-refractivity contribution < 1.29 is 0 Å². The fourth-order valence-electron chi connectivity index (χ4n) is 2.91. The SMILES string of the molecule is ClCCc1cn(CC2CCCc3ccccc32)nn1. The van der Waals surface area contributed by atoms with Crippen molar-refractivity contribution in [1.29, 1.82) is 0 Å². The maximum Gasteiger partial charge on any atom is 0.0839 e. The van der Waals surface area contributed by atoms with E-state index in [1.165, 1.54) is 30.4 Å². The largest absolute Gasteiger partial charge is 0.252 e. The molecule has 19 heavy (non-hydrogen) atoms. The topological polar surface area (TPSA) is 30.7 Å². The van der Waals surface area contributed by atoms with E-state index in [4.69, 9.17) is 11.6 Å². The molecule has 1 aliphatic carbocycles. The Labute approximate surface area is 118 Å². The predicted octanol–water partition coefficient (Wildman–Crippen LogP) is 3.18. The molecule has 4 heteroatoms. The third-order valence-corrected chi connectivity index (χ3v) is 4.03. The fraction of sp³-hybridized carbons (Fsp3) is 0.467. The van der Waals surface area contributed by atoms with Crippen LogP contribution in [0.25, 0.3) is 0 Å². The second-order valence-corrected chi connectivity index (χ2v) is 5.54. The molecule has 2 aromatic rings. The van der Waals surface area contributed by atoms with Gasteiger partial charge in [-0.2, -0.15) is 0 Å². The summed E-state index contributed by atoms with van der Waals surface area (Å²) in [5, 5.41) is 8.37. The van der Waals surface area contributed by atoms with Crippen LogP contribution >= 0.6 is 11.6 Å². The van der Waals surface area contributed by atoms with E-state index >= 15 is 0 Å². The lowest BCUT2D eigenvalue weighted by Crippen LogP contribution is -2.15. The van der Waals surface area contributed by atoms with Gasteiger partial charge in [0, 0.05) is 31.0 Å². The molecule has 0 spiro atoms. The molecule has 1 unspecified atom stereocenters. The third-order valence-electron chi connectivity index (χ3n) is 3.84. The highest BCUT2D eigenvalue weighted by Crippen LogP contribution is 2.32. The molecule has 1 heterocycles. The van der Waals surface area contributed by atoms with Gasteiger partial charge < -0.3 is 0 Å². The van der Waals surface area contributed by atoms with E-state index < -0.39 is 0 Å². The standard InChI is InChI=1S/C15H18ClN3/c16-9-8-14-11-19(18-17-14)10-13-6-3-5-12-4-1-2-7-15(12)13/h1-2,4,7,11,13H,3,5-6,8-10H2. The Kier molecular flexibility index (Phi) is 3.83. The summed E-state index contributed by atoms with van der Waals surface area (Å²) >= 11 is 5.73. The first-order valence-electron chi connectivity index (χ1n) is 6.89. The first-order chi connectivity index (χ1) is 9.36. The number of rotatable bonds is 4. The normalized spacial score (nSPS) is 18.3. The van der Waals surface area contributed by atoms with Crippen LogP contribution in [0.3, 0.4) is 0 Å². The van der Waals surface area contributed by atoms with Gasteiger partial charge in [-0.05, 0) is 30.4 Å². The van der Waals surface area contributed by atoms with Crippen molar-refractivity contribution >= 4 is 11.6 Å². The second-order valence-electron chi connectivity index (χ2n) is 5.16. The first kappa shape index (κ1) is 12.7. The predicted molar refractivity (Wildman–Crippen MR) is 76.6 cm³/mol. The molecule has 0 aliphatic heterocycles. The van der Waals surface area contributed by atoms with Crippen LogP contribution in [-0.2, 0) is 19.4 Å². The number of fused-ring (bicyclic) bond motifs is 1.